The van der Waals surface area contributed by atoms with Crippen LogP contribution in [0.25, 0.3) is 0 Å². The highest BCUT2D eigenvalue weighted by Crippen LogP contribution is 2.18. The van der Waals surface area contributed by atoms with E-state index in [1.807, 2.05) is 6.08 Å². The largest absolute Gasteiger partial charge is 0.284 e. The van der Waals surface area contributed by atoms with Crippen LogP contribution < -0.4 is 0 Å². The summed E-state index contributed by atoms with van der Waals surface area (Å²) in [4.78, 5) is 2.26. The molecule has 0 N–H and O–H groups in total. The maximum Gasteiger partial charge on any atom is 0.0853 e. The van der Waals surface area contributed by atoms with Crippen molar-refractivity contribution in [2.75, 3.05) is 13.1 Å². The monoisotopic (exact) mass is 159 g/mol. The third kappa shape index (κ3) is 1.99. The van der Waals surface area contributed by atoms with E-state index in [0.29, 0.717) is 0 Å². The van der Waals surface area contributed by atoms with Crippen LogP contribution in [0.2, 0.25) is 0 Å². The minimum Gasteiger partial charge on any atom is -0.284 e. The van der Waals surface area contributed by atoms with Crippen LogP contribution in [-0.4, -0.2) is 23.5 Å². The second-order valence-corrected chi connectivity index (χ2v) is 3.22. The first kappa shape index (κ1) is 8.09. The highest BCUT2D eigenvalue weighted by atomic mass is 35.5. The third-order valence-corrected chi connectivity index (χ3v) is 2.39. The van der Waals surface area contributed by atoms with Crippen LogP contribution >= 0.6 is 11.6 Å². The van der Waals surface area contributed by atoms with Gasteiger partial charge in [-0.1, -0.05) is 6.08 Å². The summed E-state index contributed by atoms with van der Waals surface area (Å²) in [7, 11) is 0. The molecule has 0 saturated carbocycles. The van der Waals surface area contributed by atoms with Crippen molar-refractivity contribution in [3.05, 3.63) is 12.7 Å². The lowest BCUT2D eigenvalue weighted by Gasteiger charge is -2.30. The molecule has 1 aliphatic rings. The Hall–Kier alpha value is -0.0100. The van der Waals surface area contributed by atoms with Gasteiger partial charge in [-0.3, -0.25) is 4.90 Å². The second-order valence-electron chi connectivity index (χ2n) is 2.71. The lowest BCUT2D eigenvalue weighted by Crippen LogP contribution is -2.35. The van der Waals surface area contributed by atoms with Gasteiger partial charge in [0.05, 0.1) is 5.50 Å². The van der Waals surface area contributed by atoms with E-state index in [1.165, 1.54) is 12.8 Å². The van der Waals surface area contributed by atoms with E-state index in [1.54, 1.807) is 0 Å². The Balaban J connectivity index is 2.32. The van der Waals surface area contributed by atoms with Crippen molar-refractivity contribution in [3.63, 3.8) is 0 Å². The molecule has 2 heteroatoms. The van der Waals surface area contributed by atoms with E-state index in [2.05, 4.69) is 11.5 Å². The van der Waals surface area contributed by atoms with Crippen LogP contribution in [0.5, 0.6) is 0 Å². The topological polar surface area (TPSA) is 3.24 Å². The number of rotatable bonds is 2. The molecule has 0 spiro atoms. The highest BCUT2D eigenvalue weighted by molar-refractivity contribution is 6.20. The van der Waals surface area contributed by atoms with Crippen molar-refractivity contribution < 1.29 is 0 Å². The Kier molecular flexibility index (Phi) is 3.23. The number of hydrogen-bond acceptors (Lipinski definition) is 1. The van der Waals surface area contributed by atoms with E-state index in [4.69, 9.17) is 11.6 Å². The van der Waals surface area contributed by atoms with Gasteiger partial charge in [0, 0.05) is 6.54 Å². The van der Waals surface area contributed by atoms with Gasteiger partial charge in [-0.2, -0.15) is 0 Å². The molecule has 0 radical (unpaired) electrons. The summed E-state index contributed by atoms with van der Waals surface area (Å²) >= 11 is 6.04. The molecule has 1 heterocycles. The van der Waals surface area contributed by atoms with E-state index in [9.17, 15) is 0 Å². The number of hydrogen-bond donors (Lipinski definition) is 0. The highest BCUT2D eigenvalue weighted by Gasteiger charge is 2.17. The molecule has 1 nitrogen and oxygen atoms in total. The SMILES string of the molecule is C=CCN1CCCCC1Cl. The Labute approximate surface area is 67.7 Å². The Morgan fingerprint density at radius 2 is 2.40 bits per heavy atom. The first-order valence-corrected chi connectivity index (χ1v) is 4.27. The van der Waals surface area contributed by atoms with E-state index in [-0.39, 0.29) is 5.50 Å². The molecule has 0 amide bonds. The summed E-state index contributed by atoms with van der Waals surface area (Å²) in [6.07, 6.45) is 5.62. The molecule has 0 aromatic carbocycles. The lowest BCUT2D eigenvalue weighted by atomic mass is 10.1. The molecule has 10 heavy (non-hydrogen) atoms. The molecular formula is C8H14ClN. The summed E-state index contributed by atoms with van der Waals surface area (Å²) in [6, 6.07) is 0. The summed E-state index contributed by atoms with van der Waals surface area (Å²) < 4.78 is 0. The number of nitrogens with zero attached hydrogens (tertiary/aromatic N) is 1. The minimum atomic E-state index is 0.256. The summed E-state index contributed by atoms with van der Waals surface area (Å²) in [6.45, 7) is 5.77. The maximum absolute atomic E-state index is 6.04. The number of alkyl halides is 1. The standard InChI is InChI=1S/C8H14ClN/c1-2-6-10-7-4-3-5-8(10)9/h2,8H,1,3-7H2. The second kappa shape index (κ2) is 3.99. The first-order valence-electron chi connectivity index (χ1n) is 3.83. The number of likely N-dealkylation sites (tertiary alicyclic amines) is 1. The summed E-state index contributed by atoms with van der Waals surface area (Å²) in [5.74, 6) is 0. The zero-order valence-electron chi connectivity index (χ0n) is 6.22. The zero-order chi connectivity index (χ0) is 7.40. The van der Waals surface area contributed by atoms with Gasteiger partial charge >= 0.3 is 0 Å². The summed E-state index contributed by atoms with van der Waals surface area (Å²) in [5, 5.41) is 0. The molecule has 1 saturated heterocycles. The summed E-state index contributed by atoms with van der Waals surface area (Å²) in [5.41, 5.74) is 0.256. The van der Waals surface area contributed by atoms with Crippen LogP contribution in [0.15, 0.2) is 12.7 Å². The first-order chi connectivity index (χ1) is 4.84. The van der Waals surface area contributed by atoms with Gasteiger partial charge in [-0.05, 0) is 25.8 Å². The van der Waals surface area contributed by atoms with Crippen LogP contribution in [0.4, 0.5) is 0 Å². The molecule has 0 aromatic heterocycles. The van der Waals surface area contributed by atoms with Crippen LogP contribution in [0.3, 0.4) is 0 Å². The smallest absolute Gasteiger partial charge is 0.0853 e. The van der Waals surface area contributed by atoms with Gasteiger partial charge in [-0.25, -0.2) is 0 Å². The molecule has 0 aliphatic carbocycles. The molecule has 1 unspecified atom stereocenters. The molecule has 58 valence electrons. The van der Waals surface area contributed by atoms with Crippen LogP contribution in [-0.2, 0) is 0 Å². The van der Waals surface area contributed by atoms with Gasteiger partial charge in [0.25, 0.3) is 0 Å². The van der Waals surface area contributed by atoms with E-state index in [0.717, 1.165) is 19.5 Å². The number of halogens is 1. The molecule has 1 rings (SSSR count). The van der Waals surface area contributed by atoms with E-state index >= 15 is 0 Å². The normalized spacial score (nSPS) is 28.3. The average Bonchev–Trinajstić information content (AvgIpc) is 1.94. The predicted molar refractivity (Wildman–Crippen MR) is 45.3 cm³/mol. The minimum absolute atomic E-state index is 0.256. The van der Waals surface area contributed by atoms with Crippen molar-refractivity contribution in [1.82, 2.24) is 4.90 Å². The van der Waals surface area contributed by atoms with Crippen molar-refractivity contribution in [2.24, 2.45) is 0 Å². The van der Waals surface area contributed by atoms with Crippen molar-refractivity contribution >= 4 is 11.6 Å². The molecule has 1 atom stereocenters. The van der Waals surface area contributed by atoms with E-state index < -0.39 is 0 Å². The van der Waals surface area contributed by atoms with Gasteiger partial charge in [0.2, 0.25) is 0 Å². The lowest BCUT2D eigenvalue weighted by molar-refractivity contribution is 0.222. The fourth-order valence-corrected chi connectivity index (χ4v) is 1.65. The number of piperidine rings is 1. The predicted octanol–water partition coefficient (Wildman–Crippen LogP) is 2.22. The molecular weight excluding hydrogens is 146 g/mol. The van der Waals surface area contributed by atoms with Crippen LogP contribution in [0.1, 0.15) is 19.3 Å². The molecule has 0 bridgehead atoms. The van der Waals surface area contributed by atoms with Gasteiger partial charge in [-0.15, -0.1) is 18.2 Å². The van der Waals surface area contributed by atoms with Crippen LogP contribution in [0, 0.1) is 0 Å². The van der Waals surface area contributed by atoms with Gasteiger partial charge in [0.15, 0.2) is 0 Å². The molecule has 0 aromatic rings. The fourth-order valence-electron chi connectivity index (χ4n) is 1.32. The Bertz CT molecular complexity index is 114. The van der Waals surface area contributed by atoms with Crippen molar-refractivity contribution in [2.45, 2.75) is 24.8 Å². The molecule has 1 aliphatic heterocycles. The van der Waals surface area contributed by atoms with Crippen molar-refractivity contribution in [1.29, 1.82) is 0 Å². The zero-order valence-corrected chi connectivity index (χ0v) is 6.98. The van der Waals surface area contributed by atoms with Crippen molar-refractivity contribution in [3.8, 4) is 0 Å². The Morgan fingerprint density at radius 3 is 3.00 bits per heavy atom. The maximum atomic E-state index is 6.04. The third-order valence-electron chi connectivity index (χ3n) is 1.90. The van der Waals surface area contributed by atoms with Gasteiger partial charge < -0.3 is 0 Å². The Morgan fingerprint density at radius 1 is 1.60 bits per heavy atom. The fraction of sp³-hybridized carbons (Fsp3) is 0.750. The van der Waals surface area contributed by atoms with Gasteiger partial charge in [0.1, 0.15) is 0 Å². The average molecular weight is 160 g/mol. The molecule has 1 fully saturated rings. The quantitative estimate of drug-likeness (QED) is 0.339.